The van der Waals surface area contributed by atoms with Crippen molar-refractivity contribution in [3.63, 3.8) is 0 Å². The highest BCUT2D eigenvalue weighted by molar-refractivity contribution is 5.75. The van der Waals surface area contributed by atoms with E-state index < -0.39 is 0 Å². The van der Waals surface area contributed by atoms with Gasteiger partial charge in [0.05, 0.1) is 25.6 Å². The molecule has 4 heteroatoms. The lowest BCUT2D eigenvalue weighted by Gasteiger charge is -2.20. The Kier molecular flexibility index (Phi) is 4.73. The third-order valence-electron chi connectivity index (χ3n) is 3.05. The fraction of sp³-hybridized carbons (Fsp3) is 0.692. The van der Waals surface area contributed by atoms with Gasteiger partial charge in [0.1, 0.15) is 12.4 Å². The first-order valence-electron chi connectivity index (χ1n) is 6.14. The SMILES string of the molecule is CCC(C)(C)C(=O)OCCCn1cc[n+](C)c1. The van der Waals surface area contributed by atoms with Crippen molar-refractivity contribution >= 4 is 5.97 Å². The van der Waals surface area contributed by atoms with E-state index >= 15 is 0 Å². The molecule has 1 aromatic heterocycles. The van der Waals surface area contributed by atoms with Gasteiger partial charge in [0.15, 0.2) is 0 Å². The lowest BCUT2D eigenvalue weighted by Crippen LogP contribution is -2.26. The van der Waals surface area contributed by atoms with Gasteiger partial charge in [-0.05, 0) is 20.3 Å². The Morgan fingerprint density at radius 2 is 2.18 bits per heavy atom. The molecule has 0 unspecified atom stereocenters. The Bertz CT molecular complexity index is 369. The first-order valence-corrected chi connectivity index (χ1v) is 6.14. The Morgan fingerprint density at radius 1 is 1.47 bits per heavy atom. The van der Waals surface area contributed by atoms with E-state index in [0.29, 0.717) is 6.61 Å². The van der Waals surface area contributed by atoms with E-state index in [1.54, 1.807) is 0 Å². The van der Waals surface area contributed by atoms with Gasteiger partial charge in [0, 0.05) is 6.42 Å². The molecule has 0 aliphatic heterocycles. The van der Waals surface area contributed by atoms with Crippen molar-refractivity contribution < 1.29 is 14.1 Å². The molecule has 0 radical (unpaired) electrons. The molecule has 0 spiro atoms. The van der Waals surface area contributed by atoms with Crippen LogP contribution in [-0.4, -0.2) is 17.1 Å². The molecule has 0 atom stereocenters. The van der Waals surface area contributed by atoms with Gasteiger partial charge in [-0.3, -0.25) is 4.79 Å². The second-order valence-corrected chi connectivity index (χ2v) is 5.04. The number of rotatable bonds is 6. The summed E-state index contributed by atoms with van der Waals surface area (Å²) in [6, 6.07) is 0. The summed E-state index contributed by atoms with van der Waals surface area (Å²) < 4.78 is 9.34. The molecule has 17 heavy (non-hydrogen) atoms. The molecule has 0 amide bonds. The first-order chi connectivity index (χ1) is 7.95. The molecule has 0 aliphatic carbocycles. The van der Waals surface area contributed by atoms with Crippen LogP contribution in [0.4, 0.5) is 0 Å². The fourth-order valence-corrected chi connectivity index (χ4v) is 1.39. The molecule has 0 N–H and O–H groups in total. The van der Waals surface area contributed by atoms with Crippen LogP contribution in [-0.2, 0) is 23.1 Å². The van der Waals surface area contributed by atoms with Crippen LogP contribution in [0, 0.1) is 5.41 Å². The van der Waals surface area contributed by atoms with E-state index in [9.17, 15) is 4.79 Å². The van der Waals surface area contributed by atoms with E-state index in [0.717, 1.165) is 19.4 Å². The zero-order chi connectivity index (χ0) is 12.9. The lowest BCUT2D eigenvalue weighted by atomic mass is 9.91. The number of nitrogens with zero attached hydrogens (tertiary/aromatic N) is 2. The number of aryl methyl sites for hydroxylation is 2. The van der Waals surface area contributed by atoms with Gasteiger partial charge in [-0.15, -0.1) is 0 Å². The van der Waals surface area contributed by atoms with Gasteiger partial charge in [-0.1, -0.05) is 6.92 Å². The highest BCUT2D eigenvalue weighted by atomic mass is 16.5. The summed E-state index contributed by atoms with van der Waals surface area (Å²) in [6.45, 7) is 7.20. The summed E-state index contributed by atoms with van der Waals surface area (Å²) in [5.41, 5.74) is -0.361. The van der Waals surface area contributed by atoms with E-state index in [1.165, 1.54) is 0 Å². The van der Waals surface area contributed by atoms with E-state index in [-0.39, 0.29) is 11.4 Å². The molecule has 1 heterocycles. The van der Waals surface area contributed by atoms with Crippen LogP contribution in [0.1, 0.15) is 33.6 Å². The van der Waals surface area contributed by atoms with E-state index in [4.69, 9.17) is 4.74 Å². The summed E-state index contributed by atoms with van der Waals surface area (Å²) in [4.78, 5) is 11.7. The predicted molar refractivity (Wildman–Crippen MR) is 65.3 cm³/mol. The minimum atomic E-state index is -0.361. The molecule has 1 aromatic rings. The number of carbonyl (C=O) groups is 1. The second-order valence-electron chi connectivity index (χ2n) is 5.04. The van der Waals surface area contributed by atoms with Gasteiger partial charge in [0.25, 0.3) is 0 Å². The van der Waals surface area contributed by atoms with Crippen molar-refractivity contribution in [3.8, 4) is 0 Å². The number of ether oxygens (including phenoxy) is 1. The smallest absolute Gasteiger partial charge is 0.311 e. The highest BCUT2D eigenvalue weighted by Gasteiger charge is 2.26. The average Bonchev–Trinajstić information content (AvgIpc) is 2.70. The third kappa shape index (κ3) is 4.21. The summed E-state index contributed by atoms with van der Waals surface area (Å²) in [5.74, 6) is -0.0990. The van der Waals surface area contributed by atoms with E-state index in [1.807, 2.05) is 51.1 Å². The normalized spacial score (nSPS) is 11.5. The second kappa shape index (κ2) is 5.84. The van der Waals surface area contributed by atoms with Crippen LogP contribution in [0.15, 0.2) is 18.7 Å². The summed E-state index contributed by atoms with van der Waals surface area (Å²) in [6.07, 6.45) is 7.67. The van der Waals surface area contributed by atoms with E-state index in [2.05, 4.69) is 4.57 Å². The van der Waals surface area contributed by atoms with Crippen LogP contribution >= 0.6 is 0 Å². The Balaban J connectivity index is 2.23. The minimum Gasteiger partial charge on any atom is -0.465 e. The van der Waals surface area contributed by atoms with Crippen LogP contribution < -0.4 is 4.57 Å². The van der Waals surface area contributed by atoms with Gasteiger partial charge >= 0.3 is 5.97 Å². The maximum Gasteiger partial charge on any atom is 0.311 e. The number of hydrogen-bond donors (Lipinski definition) is 0. The molecule has 4 nitrogen and oxygen atoms in total. The van der Waals surface area contributed by atoms with Crippen molar-refractivity contribution in [3.05, 3.63) is 18.7 Å². The van der Waals surface area contributed by atoms with Crippen molar-refractivity contribution in [2.75, 3.05) is 6.61 Å². The topological polar surface area (TPSA) is 35.1 Å². The average molecular weight is 239 g/mol. The van der Waals surface area contributed by atoms with Crippen molar-refractivity contribution in [1.82, 2.24) is 4.57 Å². The minimum absolute atomic E-state index is 0.0990. The quantitative estimate of drug-likeness (QED) is 0.430. The molecule has 0 bridgehead atoms. The van der Waals surface area contributed by atoms with Crippen LogP contribution in [0.25, 0.3) is 0 Å². The maximum absolute atomic E-state index is 11.7. The largest absolute Gasteiger partial charge is 0.465 e. The molecule has 96 valence electrons. The molecular weight excluding hydrogens is 216 g/mol. The Morgan fingerprint density at radius 3 is 2.71 bits per heavy atom. The number of carbonyl (C=O) groups excluding carboxylic acids is 1. The summed E-state index contributed by atoms with van der Waals surface area (Å²) in [5, 5.41) is 0. The molecule has 1 rings (SSSR count). The first kappa shape index (κ1) is 13.7. The number of imidazole rings is 1. The van der Waals surface area contributed by atoms with Crippen molar-refractivity contribution in [2.24, 2.45) is 12.5 Å². The van der Waals surface area contributed by atoms with Crippen LogP contribution in [0.3, 0.4) is 0 Å². The maximum atomic E-state index is 11.7. The molecule has 0 fully saturated rings. The fourth-order valence-electron chi connectivity index (χ4n) is 1.39. The van der Waals surface area contributed by atoms with Gasteiger partial charge < -0.3 is 4.74 Å². The van der Waals surface area contributed by atoms with Crippen molar-refractivity contribution in [1.29, 1.82) is 0 Å². The predicted octanol–water partition coefficient (Wildman–Crippen LogP) is 1.68. The molecule has 0 saturated heterocycles. The molecule has 0 saturated carbocycles. The standard InChI is InChI=1S/C13H23N2O2/c1-5-13(2,3)12(16)17-10-6-7-15-9-8-14(4)11-15/h8-9,11H,5-7,10H2,1-4H3/q+1. The number of hydrogen-bond acceptors (Lipinski definition) is 2. The molecular formula is C13H23N2O2+. The van der Waals surface area contributed by atoms with Gasteiger partial charge in [-0.2, -0.15) is 0 Å². The van der Waals surface area contributed by atoms with Crippen LogP contribution in [0.2, 0.25) is 0 Å². The Labute approximate surface area is 103 Å². The lowest BCUT2D eigenvalue weighted by molar-refractivity contribution is -0.671. The molecule has 0 aromatic carbocycles. The number of esters is 1. The number of aromatic nitrogens is 2. The third-order valence-corrected chi connectivity index (χ3v) is 3.05. The summed E-state index contributed by atoms with van der Waals surface area (Å²) >= 11 is 0. The summed E-state index contributed by atoms with van der Waals surface area (Å²) in [7, 11) is 1.99. The monoisotopic (exact) mass is 239 g/mol. The Hall–Kier alpha value is -1.32. The zero-order valence-corrected chi connectivity index (χ0v) is 11.3. The van der Waals surface area contributed by atoms with Gasteiger partial charge in [0.2, 0.25) is 6.33 Å². The highest BCUT2D eigenvalue weighted by Crippen LogP contribution is 2.21. The van der Waals surface area contributed by atoms with Gasteiger partial charge in [-0.25, -0.2) is 9.13 Å². The zero-order valence-electron chi connectivity index (χ0n) is 11.3. The van der Waals surface area contributed by atoms with Crippen LogP contribution in [0.5, 0.6) is 0 Å². The molecule has 0 aliphatic rings. The van der Waals surface area contributed by atoms with Crippen molar-refractivity contribution in [2.45, 2.75) is 40.2 Å².